The Labute approximate surface area is 144 Å². The third kappa shape index (κ3) is 4.87. The molecule has 0 aromatic carbocycles. The average molecular weight is 344 g/mol. The van der Waals surface area contributed by atoms with Crippen molar-refractivity contribution in [2.24, 2.45) is 0 Å². The number of hydrogen-bond donors (Lipinski definition) is 1. The fraction of sp³-hybridized carbons (Fsp3) is 0.412. The van der Waals surface area contributed by atoms with Crippen LogP contribution in [0.1, 0.15) is 23.2 Å². The van der Waals surface area contributed by atoms with Crippen LogP contribution in [-0.4, -0.2) is 46.5 Å². The van der Waals surface area contributed by atoms with Crippen molar-refractivity contribution in [2.75, 3.05) is 19.8 Å². The van der Waals surface area contributed by atoms with Crippen LogP contribution in [0.15, 0.2) is 41.5 Å². The SMILES string of the molecule is O=C(NCCCn1ncccc1=O)c1ccc(O[C@H]2CCOC2)nc1. The van der Waals surface area contributed by atoms with E-state index in [4.69, 9.17) is 9.47 Å². The molecule has 0 bridgehead atoms. The van der Waals surface area contributed by atoms with Crippen LogP contribution in [0.25, 0.3) is 0 Å². The highest BCUT2D eigenvalue weighted by molar-refractivity contribution is 5.93. The van der Waals surface area contributed by atoms with Crippen molar-refractivity contribution in [3.8, 4) is 5.88 Å². The largest absolute Gasteiger partial charge is 0.472 e. The number of hydrogen-bond acceptors (Lipinski definition) is 6. The fourth-order valence-electron chi connectivity index (χ4n) is 2.45. The molecule has 25 heavy (non-hydrogen) atoms. The van der Waals surface area contributed by atoms with Gasteiger partial charge in [-0.25, -0.2) is 9.67 Å². The molecule has 3 heterocycles. The Morgan fingerprint density at radius 1 is 1.40 bits per heavy atom. The van der Waals surface area contributed by atoms with Gasteiger partial charge in [0.1, 0.15) is 6.10 Å². The number of aryl methyl sites for hydroxylation is 1. The molecule has 0 aliphatic carbocycles. The smallest absolute Gasteiger partial charge is 0.266 e. The summed E-state index contributed by atoms with van der Waals surface area (Å²) in [5, 5.41) is 6.76. The van der Waals surface area contributed by atoms with Gasteiger partial charge >= 0.3 is 0 Å². The first-order chi connectivity index (χ1) is 12.2. The van der Waals surface area contributed by atoms with Crippen molar-refractivity contribution in [1.29, 1.82) is 0 Å². The highest BCUT2D eigenvalue weighted by Gasteiger charge is 2.17. The topological polar surface area (TPSA) is 95.3 Å². The van der Waals surface area contributed by atoms with E-state index in [-0.39, 0.29) is 17.6 Å². The minimum atomic E-state index is -0.211. The molecule has 132 valence electrons. The molecule has 0 unspecified atom stereocenters. The van der Waals surface area contributed by atoms with Gasteiger partial charge in [-0.1, -0.05) is 0 Å². The number of nitrogens with one attached hydrogen (secondary N) is 1. The molecule has 2 aromatic rings. The lowest BCUT2D eigenvalue weighted by atomic mass is 10.2. The normalized spacial score (nSPS) is 16.6. The standard InChI is InChI=1S/C17H20N4O4/c22-16-3-1-8-20-21(16)9-2-7-18-17(23)13-4-5-15(19-11-13)25-14-6-10-24-12-14/h1,3-5,8,11,14H,2,6-7,9-10,12H2,(H,18,23)/t14-/m0/s1. The van der Waals surface area contributed by atoms with Crippen molar-refractivity contribution in [2.45, 2.75) is 25.5 Å². The Morgan fingerprint density at radius 3 is 3.04 bits per heavy atom. The Hall–Kier alpha value is -2.74. The van der Waals surface area contributed by atoms with Crippen LogP contribution in [-0.2, 0) is 11.3 Å². The van der Waals surface area contributed by atoms with Crippen molar-refractivity contribution < 1.29 is 14.3 Å². The van der Waals surface area contributed by atoms with Gasteiger partial charge in [0.25, 0.3) is 11.5 Å². The zero-order valence-electron chi connectivity index (χ0n) is 13.8. The predicted octanol–water partition coefficient (Wildman–Crippen LogP) is 0.626. The maximum absolute atomic E-state index is 12.1. The van der Waals surface area contributed by atoms with Gasteiger partial charge in [-0.2, -0.15) is 5.10 Å². The predicted molar refractivity (Wildman–Crippen MR) is 89.5 cm³/mol. The second-order valence-corrected chi connectivity index (χ2v) is 5.68. The van der Waals surface area contributed by atoms with Crippen molar-refractivity contribution >= 4 is 5.91 Å². The van der Waals surface area contributed by atoms with E-state index in [9.17, 15) is 9.59 Å². The molecule has 3 rings (SSSR count). The van der Waals surface area contributed by atoms with E-state index in [0.717, 1.165) is 6.42 Å². The average Bonchev–Trinajstić information content (AvgIpc) is 3.13. The molecular formula is C17H20N4O4. The number of carbonyl (C=O) groups is 1. The summed E-state index contributed by atoms with van der Waals surface area (Å²) in [6.45, 7) is 2.17. The van der Waals surface area contributed by atoms with Crippen LogP contribution < -0.4 is 15.6 Å². The molecule has 2 aromatic heterocycles. The summed E-state index contributed by atoms with van der Waals surface area (Å²) in [6, 6.07) is 6.41. The Bertz CT molecular complexity index is 754. The van der Waals surface area contributed by atoms with Gasteiger partial charge in [-0.3, -0.25) is 9.59 Å². The van der Waals surface area contributed by atoms with Gasteiger partial charge in [-0.05, 0) is 18.6 Å². The molecule has 1 N–H and O–H groups in total. The highest BCUT2D eigenvalue weighted by Crippen LogP contribution is 2.14. The first kappa shape index (κ1) is 17.1. The fourth-order valence-corrected chi connectivity index (χ4v) is 2.45. The minimum absolute atomic E-state index is 0.0298. The number of nitrogens with zero attached hydrogens (tertiary/aromatic N) is 3. The summed E-state index contributed by atoms with van der Waals surface area (Å²) in [5.74, 6) is 0.276. The van der Waals surface area contributed by atoms with E-state index in [2.05, 4.69) is 15.4 Å². The van der Waals surface area contributed by atoms with Gasteiger partial charge in [0.05, 0.1) is 18.8 Å². The summed E-state index contributed by atoms with van der Waals surface area (Å²) in [4.78, 5) is 27.7. The summed E-state index contributed by atoms with van der Waals surface area (Å²) in [7, 11) is 0. The number of aromatic nitrogens is 3. The highest BCUT2D eigenvalue weighted by atomic mass is 16.5. The Kier molecular flexibility index (Phi) is 5.73. The summed E-state index contributed by atoms with van der Waals surface area (Å²) in [5.41, 5.74) is 0.311. The molecule has 1 saturated heterocycles. The molecule has 1 fully saturated rings. The molecule has 8 nitrogen and oxygen atoms in total. The molecule has 0 spiro atoms. The molecule has 0 radical (unpaired) electrons. The third-order valence-corrected chi connectivity index (χ3v) is 3.79. The maximum atomic E-state index is 12.1. The van der Waals surface area contributed by atoms with Gasteiger partial charge < -0.3 is 14.8 Å². The monoisotopic (exact) mass is 344 g/mol. The number of ether oxygens (including phenoxy) is 2. The van der Waals surface area contributed by atoms with Crippen LogP contribution in [0.5, 0.6) is 5.88 Å². The summed E-state index contributed by atoms with van der Waals surface area (Å²) < 4.78 is 12.3. The molecule has 1 aliphatic rings. The molecule has 8 heteroatoms. The number of rotatable bonds is 7. The summed E-state index contributed by atoms with van der Waals surface area (Å²) in [6.07, 6.45) is 4.54. The van der Waals surface area contributed by atoms with Crippen LogP contribution in [0.2, 0.25) is 0 Å². The second-order valence-electron chi connectivity index (χ2n) is 5.68. The van der Waals surface area contributed by atoms with E-state index < -0.39 is 0 Å². The van der Waals surface area contributed by atoms with Gasteiger partial charge in [0.15, 0.2) is 0 Å². The van der Waals surface area contributed by atoms with Crippen molar-refractivity contribution in [3.63, 3.8) is 0 Å². The van der Waals surface area contributed by atoms with Crippen molar-refractivity contribution in [3.05, 3.63) is 52.6 Å². The number of pyridine rings is 1. The quantitative estimate of drug-likeness (QED) is 0.740. The molecule has 0 saturated carbocycles. The van der Waals surface area contributed by atoms with Gasteiger partial charge in [0.2, 0.25) is 5.88 Å². The van der Waals surface area contributed by atoms with E-state index in [1.807, 2.05) is 0 Å². The van der Waals surface area contributed by atoms with E-state index >= 15 is 0 Å². The third-order valence-electron chi connectivity index (χ3n) is 3.79. The zero-order valence-corrected chi connectivity index (χ0v) is 13.8. The number of carbonyl (C=O) groups excluding carboxylic acids is 1. The van der Waals surface area contributed by atoms with Crippen molar-refractivity contribution in [1.82, 2.24) is 20.1 Å². The van der Waals surface area contributed by atoms with E-state index in [1.54, 1.807) is 24.4 Å². The van der Waals surface area contributed by atoms with Crippen LogP contribution in [0.3, 0.4) is 0 Å². The lowest BCUT2D eigenvalue weighted by Gasteiger charge is -2.11. The van der Waals surface area contributed by atoms with Crippen LogP contribution in [0, 0.1) is 0 Å². The first-order valence-corrected chi connectivity index (χ1v) is 8.23. The molecule has 1 aliphatic heterocycles. The lowest BCUT2D eigenvalue weighted by Crippen LogP contribution is -2.27. The molecule has 1 amide bonds. The molecular weight excluding hydrogens is 324 g/mol. The van der Waals surface area contributed by atoms with E-state index in [0.29, 0.717) is 44.2 Å². The van der Waals surface area contributed by atoms with Gasteiger partial charge in [-0.15, -0.1) is 0 Å². The van der Waals surface area contributed by atoms with Crippen LogP contribution >= 0.6 is 0 Å². The minimum Gasteiger partial charge on any atom is -0.472 e. The lowest BCUT2D eigenvalue weighted by molar-refractivity contribution is 0.0952. The molecule has 1 atom stereocenters. The Balaban J connectivity index is 1.43. The maximum Gasteiger partial charge on any atom is 0.266 e. The number of amides is 1. The van der Waals surface area contributed by atoms with Crippen LogP contribution in [0.4, 0.5) is 0 Å². The zero-order chi connectivity index (χ0) is 17.5. The summed E-state index contributed by atoms with van der Waals surface area (Å²) >= 11 is 0. The Morgan fingerprint density at radius 2 is 2.32 bits per heavy atom. The first-order valence-electron chi connectivity index (χ1n) is 8.23. The van der Waals surface area contributed by atoms with Gasteiger partial charge in [0, 0.05) is 44.0 Å². The van der Waals surface area contributed by atoms with E-state index in [1.165, 1.54) is 16.9 Å². The second kappa shape index (κ2) is 8.39.